The molecule has 1 aromatic heterocycles. The van der Waals surface area contributed by atoms with Crippen LogP contribution in [0, 0.1) is 6.92 Å². The average molecular weight is 438 g/mol. The minimum Gasteiger partial charge on any atom is -0.504 e. The van der Waals surface area contributed by atoms with E-state index < -0.39 is 5.92 Å². The quantitative estimate of drug-likeness (QED) is 0.468. The van der Waals surface area contributed by atoms with Gasteiger partial charge in [0, 0.05) is 25.1 Å². The molecule has 3 aromatic rings. The predicted octanol–water partition coefficient (Wildman–Crippen LogP) is 3.57. The van der Waals surface area contributed by atoms with Crippen molar-refractivity contribution in [1.82, 2.24) is 9.55 Å². The van der Waals surface area contributed by atoms with E-state index in [0.717, 1.165) is 5.56 Å². The van der Waals surface area contributed by atoms with Crippen LogP contribution in [0.3, 0.4) is 0 Å². The third kappa shape index (κ3) is 4.03. The van der Waals surface area contributed by atoms with E-state index in [9.17, 15) is 14.7 Å². The van der Waals surface area contributed by atoms with Crippen molar-refractivity contribution in [2.45, 2.75) is 30.2 Å². The number of fused-ring (bicyclic) bond motifs is 1. The van der Waals surface area contributed by atoms with Crippen LogP contribution < -0.4 is 15.6 Å². The van der Waals surface area contributed by atoms with E-state index in [1.165, 1.54) is 30.5 Å². The minimum absolute atomic E-state index is 0.0391. The number of nitrogens with zero attached hydrogens (tertiary/aromatic N) is 2. The molecule has 1 aliphatic rings. The Hall–Kier alpha value is -3.26. The molecule has 0 aliphatic carbocycles. The number of aromatic nitrogens is 2. The largest absolute Gasteiger partial charge is 0.504 e. The van der Waals surface area contributed by atoms with Crippen molar-refractivity contribution in [1.29, 1.82) is 0 Å². The van der Waals surface area contributed by atoms with Crippen LogP contribution in [-0.2, 0) is 17.6 Å². The summed E-state index contributed by atoms with van der Waals surface area (Å²) in [6, 6.07) is 13.0. The number of nitrogens with one attached hydrogen (secondary N) is 1. The average Bonchev–Trinajstić information content (AvgIpc) is 2.75. The van der Waals surface area contributed by atoms with Gasteiger partial charge in [0.05, 0.1) is 12.7 Å². The highest BCUT2D eigenvalue weighted by molar-refractivity contribution is 7.98. The second-order valence-electron chi connectivity index (χ2n) is 7.47. The van der Waals surface area contributed by atoms with Gasteiger partial charge in [-0.05, 0) is 35.7 Å². The number of carbonyl (C=O) groups excluding carboxylic acids is 1. The Balaban J connectivity index is 1.73. The van der Waals surface area contributed by atoms with E-state index in [2.05, 4.69) is 10.3 Å². The summed E-state index contributed by atoms with van der Waals surface area (Å²) in [6.45, 7) is 2.05. The van der Waals surface area contributed by atoms with Crippen LogP contribution >= 0.6 is 11.8 Å². The number of aromatic hydroxyl groups is 1. The lowest BCUT2D eigenvalue weighted by atomic mass is 9.86. The van der Waals surface area contributed by atoms with E-state index in [1.807, 2.05) is 31.2 Å². The smallest absolute Gasteiger partial charge is 0.279 e. The summed E-state index contributed by atoms with van der Waals surface area (Å²) in [5.41, 5.74) is 3.04. The first kappa shape index (κ1) is 21.0. The first-order valence-electron chi connectivity index (χ1n) is 9.84. The van der Waals surface area contributed by atoms with Crippen LogP contribution in [0.25, 0.3) is 0 Å². The molecule has 0 radical (unpaired) electrons. The lowest BCUT2D eigenvalue weighted by Gasteiger charge is -2.27. The molecule has 1 amide bonds. The van der Waals surface area contributed by atoms with Crippen molar-refractivity contribution < 1.29 is 14.6 Å². The fraction of sp³-hybridized carbons (Fsp3) is 0.261. The van der Waals surface area contributed by atoms with Gasteiger partial charge in [-0.1, -0.05) is 42.1 Å². The Morgan fingerprint density at radius 3 is 2.74 bits per heavy atom. The molecule has 0 saturated heterocycles. The molecule has 8 heteroatoms. The van der Waals surface area contributed by atoms with Crippen LogP contribution in [0.5, 0.6) is 11.5 Å². The van der Waals surface area contributed by atoms with Gasteiger partial charge < -0.3 is 19.7 Å². The molecular weight excluding hydrogens is 414 g/mol. The molecule has 31 heavy (non-hydrogen) atoms. The van der Waals surface area contributed by atoms with E-state index in [1.54, 1.807) is 23.7 Å². The standard InChI is InChI=1S/C23H23N3O4S/c1-13-6-4-5-7-15(13)12-31-23-25-22(29)20-16(11-19(28)24-21(20)26(23)2)14-8-9-18(30-3)17(27)10-14/h4-10,16,27H,11-12H2,1-3H3,(H,24,28)/t16-/m0/s1. The molecular formula is C23H23N3O4S. The van der Waals surface area contributed by atoms with Gasteiger partial charge in [-0.3, -0.25) is 9.59 Å². The highest BCUT2D eigenvalue weighted by Gasteiger charge is 2.32. The molecule has 1 atom stereocenters. The number of hydrogen-bond donors (Lipinski definition) is 2. The Kier molecular flexibility index (Phi) is 5.73. The van der Waals surface area contributed by atoms with Gasteiger partial charge in [0.2, 0.25) is 5.91 Å². The predicted molar refractivity (Wildman–Crippen MR) is 120 cm³/mol. The van der Waals surface area contributed by atoms with Crippen molar-refractivity contribution in [2.75, 3.05) is 12.4 Å². The van der Waals surface area contributed by atoms with Crippen molar-refractivity contribution in [2.24, 2.45) is 7.05 Å². The lowest BCUT2D eigenvalue weighted by Crippen LogP contribution is -2.33. The highest BCUT2D eigenvalue weighted by Crippen LogP contribution is 2.39. The lowest BCUT2D eigenvalue weighted by molar-refractivity contribution is -0.116. The van der Waals surface area contributed by atoms with Crippen LogP contribution in [0.1, 0.15) is 34.6 Å². The number of benzene rings is 2. The molecule has 160 valence electrons. The molecule has 0 unspecified atom stereocenters. The summed E-state index contributed by atoms with van der Waals surface area (Å²) in [5.74, 6) is 0.714. The zero-order chi connectivity index (χ0) is 22.1. The first-order valence-corrected chi connectivity index (χ1v) is 10.8. The topological polar surface area (TPSA) is 93.5 Å². The van der Waals surface area contributed by atoms with Gasteiger partial charge >= 0.3 is 0 Å². The Labute approximate surface area is 184 Å². The number of amides is 1. The van der Waals surface area contributed by atoms with Crippen molar-refractivity contribution in [3.63, 3.8) is 0 Å². The maximum Gasteiger partial charge on any atom is 0.279 e. The van der Waals surface area contributed by atoms with Gasteiger partial charge in [-0.2, -0.15) is 4.98 Å². The van der Waals surface area contributed by atoms with Crippen molar-refractivity contribution in [3.05, 3.63) is 75.1 Å². The summed E-state index contributed by atoms with van der Waals surface area (Å²) < 4.78 is 6.86. The molecule has 2 heterocycles. The number of ether oxygens (including phenoxy) is 1. The van der Waals surface area contributed by atoms with Crippen LogP contribution in [0.2, 0.25) is 0 Å². The third-order valence-corrected chi connectivity index (χ3v) is 6.60. The van der Waals surface area contributed by atoms with Crippen LogP contribution in [0.4, 0.5) is 5.82 Å². The molecule has 4 rings (SSSR count). The molecule has 0 fully saturated rings. The third-order valence-electron chi connectivity index (χ3n) is 5.52. The summed E-state index contributed by atoms with van der Waals surface area (Å²) in [5, 5.41) is 13.5. The molecule has 2 N–H and O–H groups in total. The van der Waals surface area contributed by atoms with E-state index in [0.29, 0.717) is 33.6 Å². The van der Waals surface area contributed by atoms with Gasteiger partial charge in [0.1, 0.15) is 5.82 Å². The maximum atomic E-state index is 13.0. The minimum atomic E-state index is -0.498. The molecule has 2 aromatic carbocycles. The monoisotopic (exact) mass is 437 g/mol. The van der Waals surface area contributed by atoms with Crippen LogP contribution in [0.15, 0.2) is 52.4 Å². The maximum absolute atomic E-state index is 13.0. The summed E-state index contributed by atoms with van der Waals surface area (Å²) in [4.78, 5) is 29.8. The molecule has 0 bridgehead atoms. The van der Waals surface area contributed by atoms with Gasteiger partial charge in [0.25, 0.3) is 5.56 Å². The SMILES string of the molecule is COc1ccc([C@@H]2CC(=O)Nc3c2c(=O)nc(SCc2ccccc2C)n3C)cc1O. The number of methoxy groups -OCH3 is 1. The normalized spacial score (nSPS) is 15.3. The van der Waals surface area contributed by atoms with E-state index in [-0.39, 0.29) is 23.6 Å². The Morgan fingerprint density at radius 2 is 2.03 bits per heavy atom. The van der Waals surface area contributed by atoms with Crippen LogP contribution in [-0.4, -0.2) is 27.7 Å². The zero-order valence-corrected chi connectivity index (χ0v) is 18.3. The molecule has 7 nitrogen and oxygen atoms in total. The summed E-state index contributed by atoms with van der Waals surface area (Å²) >= 11 is 1.45. The molecule has 1 aliphatic heterocycles. The number of carbonyl (C=O) groups is 1. The number of anilines is 1. The van der Waals surface area contributed by atoms with E-state index >= 15 is 0 Å². The van der Waals surface area contributed by atoms with Gasteiger partial charge in [0.15, 0.2) is 16.7 Å². The first-order chi connectivity index (χ1) is 14.9. The summed E-state index contributed by atoms with van der Waals surface area (Å²) in [6.07, 6.45) is 0.103. The second-order valence-corrected chi connectivity index (χ2v) is 8.41. The highest BCUT2D eigenvalue weighted by atomic mass is 32.2. The zero-order valence-electron chi connectivity index (χ0n) is 17.5. The molecule has 0 saturated carbocycles. The Morgan fingerprint density at radius 1 is 1.26 bits per heavy atom. The number of phenolic OH excluding ortho intramolecular Hbond substituents is 1. The molecule has 0 spiro atoms. The van der Waals surface area contributed by atoms with Gasteiger partial charge in [-0.25, -0.2) is 0 Å². The number of aryl methyl sites for hydroxylation is 1. The van der Waals surface area contributed by atoms with Crippen molar-refractivity contribution >= 4 is 23.5 Å². The summed E-state index contributed by atoms with van der Waals surface area (Å²) in [7, 11) is 3.26. The van der Waals surface area contributed by atoms with E-state index in [4.69, 9.17) is 4.74 Å². The number of rotatable bonds is 5. The fourth-order valence-electron chi connectivity index (χ4n) is 3.79. The Bertz CT molecular complexity index is 1220. The second kappa shape index (κ2) is 8.47. The number of phenols is 1. The fourth-order valence-corrected chi connectivity index (χ4v) is 4.83. The van der Waals surface area contributed by atoms with Gasteiger partial charge in [-0.15, -0.1) is 0 Å². The number of thioether (sulfide) groups is 1. The number of hydrogen-bond acceptors (Lipinski definition) is 6. The van der Waals surface area contributed by atoms with Crippen molar-refractivity contribution in [3.8, 4) is 11.5 Å².